The minimum absolute atomic E-state index is 0.906. The summed E-state index contributed by atoms with van der Waals surface area (Å²) < 4.78 is 2.21. The van der Waals surface area contributed by atoms with Crippen molar-refractivity contribution in [3.8, 4) is 17.1 Å². The van der Waals surface area contributed by atoms with Gasteiger partial charge < -0.3 is 0 Å². The Balaban J connectivity index is 2.06. The fraction of sp³-hybridized carbons (Fsp3) is 0.0417. The molecule has 0 unspecified atom stereocenters. The fourth-order valence-corrected chi connectivity index (χ4v) is 3.43. The molecule has 0 aliphatic heterocycles. The zero-order valence-electron chi connectivity index (χ0n) is 14.8. The Bertz CT molecular complexity index is 1200. The number of allylic oxidation sites excluding steroid dienone is 1. The molecule has 0 saturated heterocycles. The maximum Gasteiger partial charge on any atom is 0.138 e. The van der Waals surface area contributed by atoms with E-state index in [-0.39, 0.29) is 0 Å². The summed E-state index contributed by atoms with van der Waals surface area (Å²) >= 11 is 0. The third kappa shape index (κ3) is 2.66. The van der Waals surface area contributed by atoms with Crippen LogP contribution >= 0.6 is 0 Å². The van der Waals surface area contributed by atoms with Crippen molar-refractivity contribution in [2.45, 2.75) is 6.92 Å². The minimum atomic E-state index is 0.906. The third-order valence-electron chi connectivity index (χ3n) is 4.55. The first-order valence-corrected chi connectivity index (χ1v) is 8.75. The first kappa shape index (κ1) is 16.1. The molecule has 0 atom stereocenters. The molecule has 26 heavy (non-hydrogen) atoms. The van der Waals surface area contributed by atoms with Crippen LogP contribution in [0.4, 0.5) is 0 Å². The van der Waals surface area contributed by atoms with Crippen molar-refractivity contribution in [2.75, 3.05) is 0 Å². The second kappa shape index (κ2) is 6.85. The van der Waals surface area contributed by atoms with Gasteiger partial charge in [-0.05, 0) is 31.2 Å². The van der Waals surface area contributed by atoms with E-state index in [0.29, 0.717) is 0 Å². The van der Waals surface area contributed by atoms with Gasteiger partial charge in [0, 0.05) is 16.2 Å². The van der Waals surface area contributed by atoms with E-state index in [4.69, 9.17) is 4.98 Å². The molecule has 0 amide bonds. The van der Waals surface area contributed by atoms with E-state index in [1.807, 2.05) is 36.4 Å². The van der Waals surface area contributed by atoms with Gasteiger partial charge >= 0.3 is 0 Å². The normalized spacial score (nSPS) is 12.7. The SMILES string of the molecule is C=CC=c1c(=CC)c2ccccc2n1-c1cccc(-c2ccccc2)n1. The van der Waals surface area contributed by atoms with Crippen LogP contribution in [0.25, 0.3) is 40.1 Å². The van der Waals surface area contributed by atoms with E-state index in [2.05, 4.69) is 72.7 Å². The lowest BCUT2D eigenvalue weighted by Crippen LogP contribution is -2.28. The largest absolute Gasteiger partial charge is 0.294 e. The van der Waals surface area contributed by atoms with Crippen LogP contribution in [0.1, 0.15) is 6.92 Å². The first-order valence-electron chi connectivity index (χ1n) is 8.75. The number of hydrogen-bond donors (Lipinski definition) is 0. The van der Waals surface area contributed by atoms with E-state index in [1.165, 1.54) is 10.6 Å². The number of pyridine rings is 1. The molecule has 0 bridgehead atoms. The summed E-state index contributed by atoms with van der Waals surface area (Å²) in [5, 5.41) is 3.52. The van der Waals surface area contributed by atoms with Crippen molar-refractivity contribution in [3.05, 3.63) is 96.0 Å². The highest BCUT2D eigenvalue weighted by Crippen LogP contribution is 2.19. The highest BCUT2D eigenvalue weighted by atomic mass is 15.1. The van der Waals surface area contributed by atoms with Gasteiger partial charge in [-0.25, -0.2) is 4.98 Å². The van der Waals surface area contributed by atoms with Gasteiger partial charge in [-0.2, -0.15) is 0 Å². The Morgan fingerprint density at radius 3 is 2.42 bits per heavy atom. The van der Waals surface area contributed by atoms with Crippen LogP contribution in [-0.2, 0) is 0 Å². The standard InChI is InChI=1S/C24H20N2/c1-3-11-22-19(4-2)20-14-8-9-16-23(20)26(22)24-17-10-15-21(25-24)18-12-6-5-7-13-18/h3-17H,1H2,2H3. The summed E-state index contributed by atoms with van der Waals surface area (Å²) in [5.41, 5.74) is 3.22. The van der Waals surface area contributed by atoms with Gasteiger partial charge in [-0.15, -0.1) is 0 Å². The van der Waals surface area contributed by atoms with Gasteiger partial charge in [0.1, 0.15) is 5.82 Å². The molecule has 2 heterocycles. The summed E-state index contributed by atoms with van der Waals surface area (Å²) in [5.74, 6) is 0.906. The third-order valence-corrected chi connectivity index (χ3v) is 4.55. The molecule has 0 N–H and O–H groups in total. The molecule has 2 aromatic carbocycles. The number of fused-ring (bicyclic) bond motifs is 1. The average Bonchev–Trinajstić information content (AvgIpc) is 3.02. The predicted octanol–water partition coefficient (Wildman–Crippen LogP) is 4.46. The van der Waals surface area contributed by atoms with Crippen molar-refractivity contribution in [2.24, 2.45) is 0 Å². The number of hydrogen-bond acceptors (Lipinski definition) is 1. The van der Waals surface area contributed by atoms with Crippen LogP contribution in [0, 0.1) is 0 Å². The molecule has 0 aliphatic rings. The summed E-state index contributed by atoms with van der Waals surface area (Å²) in [6, 6.07) is 24.9. The van der Waals surface area contributed by atoms with Crippen molar-refractivity contribution < 1.29 is 0 Å². The zero-order valence-corrected chi connectivity index (χ0v) is 14.8. The van der Waals surface area contributed by atoms with Crippen molar-refractivity contribution >= 4 is 23.1 Å². The quantitative estimate of drug-likeness (QED) is 0.540. The Morgan fingerprint density at radius 2 is 1.65 bits per heavy atom. The fourth-order valence-electron chi connectivity index (χ4n) is 3.43. The lowest BCUT2D eigenvalue weighted by molar-refractivity contribution is 1.01. The summed E-state index contributed by atoms with van der Waals surface area (Å²) in [6.07, 6.45) is 6.03. The molecular formula is C24H20N2. The number of nitrogens with zero attached hydrogens (tertiary/aromatic N) is 2. The predicted molar refractivity (Wildman–Crippen MR) is 111 cm³/mol. The smallest absolute Gasteiger partial charge is 0.138 e. The minimum Gasteiger partial charge on any atom is -0.294 e. The summed E-state index contributed by atoms with van der Waals surface area (Å²) in [7, 11) is 0. The maximum absolute atomic E-state index is 4.95. The van der Waals surface area contributed by atoms with Crippen LogP contribution in [-0.4, -0.2) is 9.55 Å². The highest BCUT2D eigenvalue weighted by Gasteiger charge is 2.10. The molecule has 0 saturated carbocycles. The molecule has 4 aromatic rings. The van der Waals surface area contributed by atoms with Gasteiger partial charge in [0.25, 0.3) is 0 Å². The molecule has 0 aliphatic carbocycles. The summed E-state index contributed by atoms with van der Waals surface area (Å²) in [4.78, 5) is 4.95. The Labute approximate surface area is 153 Å². The Kier molecular flexibility index (Phi) is 4.24. The second-order valence-electron chi connectivity index (χ2n) is 6.09. The molecule has 2 nitrogen and oxygen atoms in total. The van der Waals surface area contributed by atoms with Crippen molar-refractivity contribution in [1.82, 2.24) is 9.55 Å². The van der Waals surface area contributed by atoms with E-state index in [0.717, 1.165) is 27.9 Å². The number of aromatic nitrogens is 2. The zero-order chi connectivity index (χ0) is 17.9. The molecule has 126 valence electrons. The molecular weight excluding hydrogens is 316 g/mol. The van der Waals surface area contributed by atoms with Crippen LogP contribution in [0.15, 0.2) is 85.5 Å². The van der Waals surface area contributed by atoms with Crippen LogP contribution in [0.2, 0.25) is 0 Å². The molecule has 0 spiro atoms. The maximum atomic E-state index is 4.95. The van der Waals surface area contributed by atoms with Gasteiger partial charge in [0.05, 0.1) is 16.6 Å². The number of rotatable bonds is 3. The van der Waals surface area contributed by atoms with Crippen molar-refractivity contribution in [3.63, 3.8) is 0 Å². The van der Waals surface area contributed by atoms with Crippen molar-refractivity contribution in [1.29, 1.82) is 0 Å². The first-order chi connectivity index (χ1) is 12.8. The van der Waals surface area contributed by atoms with Crippen LogP contribution in [0.3, 0.4) is 0 Å². The summed E-state index contributed by atoms with van der Waals surface area (Å²) in [6.45, 7) is 5.97. The lowest BCUT2D eigenvalue weighted by atomic mass is 10.1. The highest BCUT2D eigenvalue weighted by molar-refractivity contribution is 5.83. The van der Waals surface area contributed by atoms with E-state index in [1.54, 1.807) is 0 Å². The molecule has 4 rings (SSSR count). The van der Waals surface area contributed by atoms with Gasteiger partial charge in [0.2, 0.25) is 0 Å². The molecule has 2 heteroatoms. The van der Waals surface area contributed by atoms with Crippen LogP contribution < -0.4 is 10.6 Å². The monoisotopic (exact) mass is 336 g/mol. The number of benzene rings is 2. The number of para-hydroxylation sites is 1. The lowest BCUT2D eigenvalue weighted by Gasteiger charge is -2.08. The molecule has 0 fully saturated rings. The Morgan fingerprint density at radius 1 is 0.885 bits per heavy atom. The van der Waals surface area contributed by atoms with Gasteiger partial charge in [-0.1, -0.05) is 73.3 Å². The average molecular weight is 336 g/mol. The van der Waals surface area contributed by atoms with Crippen LogP contribution in [0.5, 0.6) is 0 Å². The van der Waals surface area contributed by atoms with Gasteiger partial charge in [0.15, 0.2) is 0 Å². The Hall–Kier alpha value is -3.39. The molecule has 2 aromatic heterocycles. The topological polar surface area (TPSA) is 17.8 Å². The molecule has 0 radical (unpaired) electrons. The van der Waals surface area contributed by atoms with E-state index in [9.17, 15) is 0 Å². The van der Waals surface area contributed by atoms with E-state index >= 15 is 0 Å². The van der Waals surface area contributed by atoms with E-state index < -0.39 is 0 Å². The second-order valence-corrected chi connectivity index (χ2v) is 6.09. The van der Waals surface area contributed by atoms with Gasteiger partial charge in [-0.3, -0.25) is 4.57 Å².